The molecule has 2 nitrogen and oxygen atoms in total. The number of rotatable bonds is 1. The van der Waals surface area contributed by atoms with Crippen LogP contribution in [0.15, 0.2) is 21.9 Å². The number of carbonyl (C=O) groups is 1. The summed E-state index contributed by atoms with van der Waals surface area (Å²) in [5, 5.41) is 8.74. The van der Waals surface area contributed by atoms with Gasteiger partial charge in [0.25, 0.3) is 0 Å². The van der Waals surface area contributed by atoms with Crippen molar-refractivity contribution in [3.8, 4) is 0 Å². The molecule has 1 N–H and O–H groups in total. The summed E-state index contributed by atoms with van der Waals surface area (Å²) in [6.45, 7) is 1.87. The molecule has 1 rings (SSSR count). The fraction of sp³-hybridized carbons (Fsp3) is 0.125. The van der Waals surface area contributed by atoms with Crippen LogP contribution in [0.4, 0.5) is 0 Å². The molecule has 0 radical (unpaired) electrons. The van der Waals surface area contributed by atoms with Crippen LogP contribution in [0.5, 0.6) is 0 Å². The molecule has 4 heteroatoms. The molecule has 0 spiro atoms. The summed E-state index contributed by atoms with van der Waals surface area (Å²) < 4.78 is 0. The van der Waals surface area contributed by atoms with Gasteiger partial charge in [0.1, 0.15) is 0 Å². The minimum atomic E-state index is -0.995. The van der Waals surface area contributed by atoms with E-state index in [-0.39, 0.29) is 5.56 Å². The van der Waals surface area contributed by atoms with Crippen molar-refractivity contribution < 1.29 is 9.90 Å². The molecular formula is C8H8O2S2. The second-order valence-corrected chi connectivity index (χ2v) is 3.45. The summed E-state index contributed by atoms with van der Waals surface area (Å²) in [6, 6.07) is 3.40. The second-order valence-electron chi connectivity index (χ2n) is 2.48. The van der Waals surface area contributed by atoms with E-state index in [1.54, 1.807) is 12.1 Å². The lowest BCUT2D eigenvalue weighted by Crippen LogP contribution is -2.00. The Kier molecular flexibility index (Phi) is 2.69. The standard InChI is InChI=1S/C8H8O2S2/c1-4-2-5(11)7(8(9)10)6(12)3-4/h2-3,11-12H,1H3,(H,9,10). The van der Waals surface area contributed by atoms with Gasteiger partial charge in [0, 0.05) is 9.79 Å². The molecular weight excluding hydrogens is 192 g/mol. The average molecular weight is 200 g/mol. The van der Waals surface area contributed by atoms with Gasteiger partial charge < -0.3 is 5.11 Å². The van der Waals surface area contributed by atoms with Gasteiger partial charge >= 0.3 is 5.97 Å². The quantitative estimate of drug-likeness (QED) is 0.608. The zero-order valence-electron chi connectivity index (χ0n) is 6.40. The van der Waals surface area contributed by atoms with Crippen molar-refractivity contribution in [2.45, 2.75) is 16.7 Å². The maximum atomic E-state index is 10.7. The van der Waals surface area contributed by atoms with Crippen molar-refractivity contribution in [1.29, 1.82) is 0 Å². The van der Waals surface area contributed by atoms with Crippen LogP contribution < -0.4 is 0 Å². The highest BCUT2D eigenvalue weighted by atomic mass is 32.1. The molecule has 0 bridgehead atoms. The van der Waals surface area contributed by atoms with Gasteiger partial charge in [0.15, 0.2) is 0 Å². The predicted molar refractivity (Wildman–Crippen MR) is 52.6 cm³/mol. The van der Waals surface area contributed by atoms with Crippen LogP contribution in [0.2, 0.25) is 0 Å². The molecule has 12 heavy (non-hydrogen) atoms. The van der Waals surface area contributed by atoms with Crippen molar-refractivity contribution in [1.82, 2.24) is 0 Å². The number of hydrogen-bond donors (Lipinski definition) is 3. The van der Waals surface area contributed by atoms with E-state index >= 15 is 0 Å². The van der Waals surface area contributed by atoms with Crippen molar-refractivity contribution in [2.75, 3.05) is 0 Å². The van der Waals surface area contributed by atoms with E-state index in [0.29, 0.717) is 9.79 Å². The highest BCUT2D eigenvalue weighted by Crippen LogP contribution is 2.23. The molecule has 0 fully saturated rings. The third kappa shape index (κ3) is 1.76. The molecule has 1 aromatic rings. The Hall–Kier alpha value is -0.610. The zero-order chi connectivity index (χ0) is 9.30. The van der Waals surface area contributed by atoms with Gasteiger partial charge in [-0.05, 0) is 24.6 Å². The van der Waals surface area contributed by atoms with Crippen LogP contribution in [0, 0.1) is 6.92 Å². The fourth-order valence-electron chi connectivity index (χ4n) is 0.968. The molecule has 0 saturated carbocycles. The van der Waals surface area contributed by atoms with Crippen LogP contribution in [-0.4, -0.2) is 11.1 Å². The zero-order valence-corrected chi connectivity index (χ0v) is 8.19. The monoisotopic (exact) mass is 200 g/mol. The summed E-state index contributed by atoms with van der Waals surface area (Å²) in [5.74, 6) is -0.995. The van der Waals surface area contributed by atoms with E-state index in [1.807, 2.05) is 6.92 Å². The first-order valence-electron chi connectivity index (χ1n) is 3.28. The number of carboxylic acid groups (broad SMARTS) is 1. The molecule has 0 unspecified atom stereocenters. The molecule has 0 aliphatic rings. The normalized spacial score (nSPS) is 9.92. The Balaban J connectivity index is 3.38. The molecule has 64 valence electrons. The van der Waals surface area contributed by atoms with E-state index in [4.69, 9.17) is 5.11 Å². The lowest BCUT2D eigenvalue weighted by Gasteiger charge is -2.04. The number of aryl methyl sites for hydroxylation is 1. The largest absolute Gasteiger partial charge is 0.478 e. The summed E-state index contributed by atoms with van der Waals surface area (Å²) in [5.41, 5.74) is 1.11. The van der Waals surface area contributed by atoms with Gasteiger partial charge in [-0.25, -0.2) is 4.79 Å². The van der Waals surface area contributed by atoms with Gasteiger partial charge in [-0.3, -0.25) is 0 Å². The van der Waals surface area contributed by atoms with E-state index in [9.17, 15) is 4.79 Å². The van der Waals surface area contributed by atoms with Gasteiger partial charge in [-0.2, -0.15) is 0 Å². The third-order valence-corrected chi connectivity index (χ3v) is 2.16. The smallest absolute Gasteiger partial charge is 0.337 e. The van der Waals surface area contributed by atoms with E-state index in [1.165, 1.54) is 0 Å². The number of carboxylic acids is 1. The molecule has 0 heterocycles. The topological polar surface area (TPSA) is 37.3 Å². The minimum absolute atomic E-state index is 0.160. The molecule has 0 aromatic heterocycles. The average Bonchev–Trinajstić information content (AvgIpc) is 1.82. The van der Waals surface area contributed by atoms with Gasteiger partial charge in [0.05, 0.1) is 5.56 Å². The van der Waals surface area contributed by atoms with Crippen LogP contribution >= 0.6 is 25.3 Å². The van der Waals surface area contributed by atoms with Crippen LogP contribution in [-0.2, 0) is 0 Å². The summed E-state index contributed by atoms with van der Waals surface area (Å²) in [7, 11) is 0. The Morgan fingerprint density at radius 3 is 2.08 bits per heavy atom. The SMILES string of the molecule is Cc1cc(S)c(C(=O)O)c(S)c1. The molecule has 0 atom stereocenters. The highest BCUT2D eigenvalue weighted by Gasteiger charge is 2.11. The number of aromatic carboxylic acids is 1. The highest BCUT2D eigenvalue weighted by molar-refractivity contribution is 7.81. The molecule has 0 amide bonds. The van der Waals surface area contributed by atoms with Crippen molar-refractivity contribution >= 4 is 31.2 Å². The van der Waals surface area contributed by atoms with Crippen LogP contribution in [0.25, 0.3) is 0 Å². The lowest BCUT2D eigenvalue weighted by molar-refractivity contribution is 0.0689. The Labute approximate surface area is 81.4 Å². The maximum Gasteiger partial charge on any atom is 0.337 e. The first kappa shape index (κ1) is 9.48. The minimum Gasteiger partial charge on any atom is -0.478 e. The predicted octanol–water partition coefficient (Wildman–Crippen LogP) is 2.27. The van der Waals surface area contributed by atoms with Crippen molar-refractivity contribution in [3.63, 3.8) is 0 Å². The summed E-state index contributed by atoms with van der Waals surface area (Å²) in [6.07, 6.45) is 0. The van der Waals surface area contributed by atoms with E-state index < -0.39 is 5.97 Å². The third-order valence-electron chi connectivity index (χ3n) is 1.45. The Bertz CT molecular complexity index is 311. The van der Waals surface area contributed by atoms with Gasteiger partial charge in [-0.15, -0.1) is 25.3 Å². The number of hydrogen-bond acceptors (Lipinski definition) is 3. The molecule has 0 saturated heterocycles. The lowest BCUT2D eigenvalue weighted by atomic mass is 10.1. The Morgan fingerprint density at radius 1 is 1.33 bits per heavy atom. The van der Waals surface area contributed by atoms with Gasteiger partial charge in [0.2, 0.25) is 0 Å². The van der Waals surface area contributed by atoms with Gasteiger partial charge in [-0.1, -0.05) is 0 Å². The number of benzene rings is 1. The van der Waals surface area contributed by atoms with Crippen LogP contribution in [0.1, 0.15) is 15.9 Å². The fourth-order valence-corrected chi connectivity index (χ4v) is 1.90. The first-order chi connectivity index (χ1) is 5.52. The van der Waals surface area contributed by atoms with Crippen molar-refractivity contribution in [2.24, 2.45) is 0 Å². The van der Waals surface area contributed by atoms with E-state index in [2.05, 4.69) is 25.3 Å². The molecule has 1 aromatic carbocycles. The molecule has 0 aliphatic heterocycles. The summed E-state index contributed by atoms with van der Waals surface area (Å²) in [4.78, 5) is 11.6. The first-order valence-corrected chi connectivity index (χ1v) is 4.17. The second kappa shape index (κ2) is 3.41. The maximum absolute atomic E-state index is 10.7. The van der Waals surface area contributed by atoms with E-state index in [0.717, 1.165) is 5.56 Å². The summed E-state index contributed by atoms with van der Waals surface area (Å²) >= 11 is 8.09. The number of thiol groups is 2. The van der Waals surface area contributed by atoms with Crippen molar-refractivity contribution in [3.05, 3.63) is 23.3 Å². The Morgan fingerprint density at radius 2 is 1.75 bits per heavy atom. The van der Waals surface area contributed by atoms with Crippen LogP contribution in [0.3, 0.4) is 0 Å². The molecule has 0 aliphatic carbocycles.